The second-order valence-electron chi connectivity index (χ2n) is 9.40. The lowest BCUT2D eigenvalue weighted by Crippen LogP contribution is -2.51. The minimum atomic E-state index is -0.0755. The van der Waals surface area contributed by atoms with E-state index in [9.17, 15) is 9.59 Å². The summed E-state index contributed by atoms with van der Waals surface area (Å²) in [4.78, 5) is 32.4. The Bertz CT molecular complexity index is 1280. The van der Waals surface area contributed by atoms with Gasteiger partial charge in [0.2, 0.25) is 0 Å². The molecule has 3 amide bonds. The highest BCUT2D eigenvalue weighted by atomic mass is 16.2. The summed E-state index contributed by atoms with van der Waals surface area (Å²) >= 11 is 0. The lowest BCUT2D eigenvalue weighted by molar-refractivity contribution is 0.0985. The van der Waals surface area contributed by atoms with Gasteiger partial charge in [0.25, 0.3) is 5.91 Å². The van der Waals surface area contributed by atoms with Gasteiger partial charge in [0.15, 0.2) is 0 Å². The van der Waals surface area contributed by atoms with Crippen LogP contribution < -0.4 is 15.5 Å². The highest BCUT2D eigenvalue weighted by Gasteiger charge is 2.27. The second-order valence-corrected chi connectivity index (χ2v) is 9.40. The molecule has 0 spiro atoms. The van der Waals surface area contributed by atoms with Crippen LogP contribution in [0, 0.1) is 6.92 Å². The number of carbonyl (C=O) groups is 2. The number of benzene rings is 2. The van der Waals surface area contributed by atoms with Crippen LogP contribution in [0.3, 0.4) is 0 Å². The summed E-state index contributed by atoms with van der Waals surface area (Å²) in [6.07, 6.45) is 1.80. The number of likely N-dealkylation sites (N-methyl/N-ethyl adjacent to an activating group) is 1. The zero-order chi connectivity index (χ0) is 25.2. The lowest BCUT2D eigenvalue weighted by atomic mass is 10.0. The number of rotatable bonds is 4. The Balaban J connectivity index is 1.30. The maximum atomic E-state index is 13.7. The van der Waals surface area contributed by atoms with Crippen molar-refractivity contribution < 1.29 is 9.59 Å². The standard InChI is InChI=1S/C27H33N7O2/c1-4-32-11-13-33(14-12-32)27(36)28-16-21-10-9-20(15-19(21)2)26(35)34-18-22-17-29-31(3)25(22)30-23-7-5-6-8-24(23)34/h5-10,15,17,30H,4,11-14,16,18H2,1-3H3,(H,28,36). The third kappa shape index (κ3) is 4.66. The second kappa shape index (κ2) is 10.0. The fourth-order valence-electron chi connectivity index (χ4n) is 4.87. The Kier molecular flexibility index (Phi) is 6.65. The first-order valence-corrected chi connectivity index (χ1v) is 12.5. The summed E-state index contributed by atoms with van der Waals surface area (Å²) in [5.74, 6) is 0.810. The molecule has 0 bridgehead atoms. The largest absolute Gasteiger partial charge is 0.338 e. The van der Waals surface area contributed by atoms with Gasteiger partial charge < -0.3 is 25.3 Å². The van der Waals surface area contributed by atoms with Crippen molar-refractivity contribution in [2.24, 2.45) is 7.05 Å². The number of aryl methyl sites for hydroxylation is 2. The number of hydrogen-bond donors (Lipinski definition) is 2. The van der Waals surface area contributed by atoms with E-state index in [1.165, 1.54) is 0 Å². The molecular weight excluding hydrogens is 454 g/mol. The Morgan fingerprint density at radius 3 is 2.61 bits per heavy atom. The molecule has 2 aromatic carbocycles. The number of nitrogens with zero attached hydrogens (tertiary/aromatic N) is 5. The van der Waals surface area contributed by atoms with E-state index in [4.69, 9.17) is 0 Å². The maximum Gasteiger partial charge on any atom is 0.317 e. The molecule has 5 rings (SSSR count). The third-order valence-electron chi connectivity index (χ3n) is 7.16. The van der Waals surface area contributed by atoms with E-state index in [1.807, 2.05) is 61.3 Å². The molecule has 0 unspecified atom stereocenters. The first-order valence-electron chi connectivity index (χ1n) is 12.5. The van der Waals surface area contributed by atoms with Gasteiger partial charge >= 0.3 is 6.03 Å². The smallest absolute Gasteiger partial charge is 0.317 e. The van der Waals surface area contributed by atoms with Gasteiger partial charge in [-0.15, -0.1) is 0 Å². The quantitative estimate of drug-likeness (QED) is 0.589. The fourth-order valence-corrected chi connectivity index (χ4v) is 4.87. The third-order valence-corrected chi connectivity index (χ3v) is 7.16. The van der Waals surface area contributed by atoms with Crippen LogP contribution in [0.25, 0.3) is 0 Å². The maximum absolute atomic E-state index is 13.7. The van der Waals surface area contributed by atoms with E-state index in [0.717, 1.165) is 66.6 Å². The number of carbonyl (C=O) groups excluding carboxylic acids is 2. The number of urea groups is 1. The Hall–Kier alpha value is -3.85. The highest BCUT2D eigenvalue weighted by molar-refractivity contribution is 6.08. The van der Waals surface area contributed by atoms with E-state index in [1.54, 1.807) is 15.8 Å². The van der Waals surface area contributed by atoms with Gasteiger partial charge in [-0.05, 0) is 48.9 Å². The van der Waals surface area contributed by atoms with Crippen molar-refractivity contribution in [2.75, 3.05) is 42.9 Å². The molecule has 9 heteroatoms. The number of hydrogen-bond acceptors (Lipinski definition) is 5. The first kappa shape index (κ1) is 23.9. The van der Waals surface area contributed by atoms with E-state index in [-0.39, 0.29) is 11.9 Å². The molecule has 0 saturated carbocycles. The molecule has 1 fully saturated rings. The summed E-state index contributed by atoms with van der Waals surface area (Å²) in [7, 11) is 1.89. The molecule has 188 valence electrons. The number of amides is 3. The molecule has 2 aliphatic heterocycles. The zero-order valence-electron chi connectivity index (χ0n) is 21.1. The van der Waals surface area contributed by atoms with Crippen molar-refractivity contribution >= 4 is 29.1 Å². The van der Waals surface area contributed by atoms with Crippen LogP contribution in [-0.4, -0.2) is 64.2 Å². The van der Waals surface area contributed by atoms with Gasteiger partial charge in [0, 0.05) is 50.9 Å². The van der Waals surface area contributed by atoms with Crippen LogP contribution in [-0.2, 0) is 20.1 Å². The van der Waals surface area contributed by atoms with Crippen molar-refractivity contribution in [3.63, 3.8) is 0 Å². The molecule has 1 saturated heterocycles. The molecule has 36 heavy (non-hydrogen) atoms. The van der Waals surface area contributed by atoms with Crippen LogP contribution in [0.4, 0.5) is 22.0 Å². The van der Waals surface area contributed by atoms with E-state index in [2.05, 4.69) is 27.6 Å². The molecule has 0 atom stereocenters. The number of anilines is 3. The number of fused-ring (bicyclic) bond motifs is 2. The van der Waals surface area contributed by atoms with Crippen molar-refractivity contribution in [3.05, 3.63) is 70.9 Å². The monoisotopic (exact) mass is 487 g/mol. The number of nitrogens with one attached hydrogen (secondary N) is 2. The van der Waals surface area contributed by atoms with E-state index >= 15 is 0 Å². The van der Waals surface area contributed by atoms with Gasteiger partial charge in [-0.1, -0.05) is 25.1 Å². The molecule has 3 heterocycles. The zero-order valence-corrected chi connectivity index (χ0v) is 21.1. The van der Waals surface area contributed by atoms with Crippen LogP contribution in [0.1, 0.15) is 34.0 Å². The van der Waals surface area contributed by atoms with Crippen LogP contribution >= 0.6 is 0 Å². The van der Waals surface area contributed by atoms with E-state index in [0.29, 0.717) is 18.7 Å². The first-order chi connectivity index (χ1) is 17.4. The fraction of sp³-hybridized carbons (Fsp3) is 0.370. The molecule has 2 aliphatic rings. The van der Waals surface area contributed by atoms with E-state index < -0.39 is 0 Å². The predicted octanol–water partition coefficient (Wildman–Crippen LogP) is 3.48. The SMILES string of the molecule is CCN1CCN(C(=O)NCc2ccc(C(=O)N3Cc4cnn(C)c4Nc4ccccc43)cc2C)CC1. The average Bonchev–Trinajstić information content (AvgIpc) is 3.15. The molecule has 0 aliphatic carbocycles. The minimum absolute atomic E-state index is 0.0359. The summed E-state index contributed by atoms with van der Waals surface area (Å²) in [6.45, 7) is 9.32. The molecule has 2 N–H and O–H groups in total. The lowest BCUT2D eigenvalue weighted by Gasteiger charge is -2.34. The summed E-state index contributed by atoms with van der Waals surface area (Å²) in [5, 5.41) is 10.8. The average molecular weight is 488 g/mol. The summed E-state index contributed by atoms with van der Waals surface area (Å²) in [6, 6.07) is 13.5. The van der Waals surface area contributed by atoms with Gasteiger partial charge in [0.1, 0.15) is 5.82 Å². The summed E-state index contributed by atoms with van der Waals surface area (Å²) < 4.78 is 1.79. The molecule has 9 nitrogen and oxygen atoms in total. The van der Waals surface area contributed by atoms with Gasteiger partial charge in [0.05, 0.1) is 24.1 Å². The van der Waals surface area contributed by atoms with Crippen molar-refractivity contribution in [1.29, 1.82) is 0 Å². The van der Waals surface area contributed by atoms with Crippen LogP contribution in [0.15, 0.2) is 48.7 Å². The van der Waals surface area contributed by atoms with Gasteiger partial charge in [-0.2, -0.15) is 5.10 Å². The topological polar surface area (TPSA) is 85.7 Å². The highest BCUT2D eigenvalue weighted by Crippen LogP contribution is 2.36. The number of piperazine rings is 1. The van der Waals surface area contributed by atoms with Crippen molar-refractivity contribution in [1.82, 2.24) is 24.9 Å². The minimum Gasteiger partial charge on any atom is -0.338 e. The molecule has 1 aromatic heterocycles. The Morgan fingerprint density at radius 2 is 1.86 bits per heavy atom. The Morgan fingerprint density at radius 1 is 1.08 bits per heavy atom. The molecule has 3 aromatic rings. The van der Waals surface area contributed by atoms with Crippen LogP contribution in [0.2, 0.25) is 0 Å². The normalized spacial score (nSPS) is 15.5. The van der Waals surface area contributed by atoms with Crippen molar-refractivity contribution in [2.45, 2.75) is 26.9 Å². The predicted molar refractivity (Wildman–Crippen MR) is 141 cm³/mol. The number of aromatic nitrogens is 2. The van der Waals surface area contributed by atoms with Crippen LogP contribution in [0.5, 0.6) is 0 Å². The van der Waals surface area contributed by atoms with Gasteiger partial charge in [-0.25, -0.2) is 4.79 Å². The Labute approximate surface area is 211 Å². The van der Waals surface area contributed by atoms with Gasteiger partial charge in [-0.3, -0.25) is 9.48 Å². The van der Waals surface area contributed by atoms with Crippen molar-refractivity contribution in [3.8, 4) is 0 Å². The number of para-hydroxylation sites is 2. The molecule has 0 radical (unpaired) electrons. The summed E-state index contributed by atoms with van der Waals surface area (Å²) in [5.41, 5.74) is 5.23. The molecular formula is C27H33N7O2.